The molecule has 0 aliphatic carbocycles. The molecule has 0 saturated heterocycles. The van der Waals surface area contributed by atoms with Crippen LogP contribution in [0.5, 0.6) is 0 Å². The lowest BCUT2D eigenvalue weighted by Gasteiger charge is -2.07. The molecule has 2 N–H and O–H groups in total. The van der Waals surface area contributed by atoms with Gasteiger partial charge in [0.2, 0.25) is 5.91 Å². The van der Waals surface area contributed by atoms with Gasteiger partial charge in [-0.2, -0.15) is 0 Å². The van der Waals surface area contributed by atoms with Gasteiger partial charge in [-0.15, -0.1) is 0 Å². The third-order valence-electron chi connectivity index (χ3n) is 2.97. The molecule has 2 aromatic rings. The summed E-state index contributed by atoms with van der Waals surface area (Å²) in [5.74, 6) is -0.303. The first-order valence-corrected chi connectivity index (χ1v) is 8.63. The van der Waals surface area contributed by atoms with Crippen LogP contribution in [-0.4, -0.2) is 33.0 Å². The molecule has 23 heavy (non-hydrogen) atoms. The van der Waals surface area contributed by atoms with E-state index < -0.39 is 15.7 Å². The van der Waals surface area contributed by atoms with E-state index in [-0.39, 0.29) is 29.5 Å². The minimum absolute atomic E-state index is 0.0485. The van der Waals surface area contributed by atoms with Crippen LogP contribution in [0.15, 0.2) is 52.0 Å². The quantitative estimate of drug-likeness (QED) is 0.809. The third kappa shape index (κ3) is 4.96. The summed E-state index contributed by atoms with van der Waals surface area (Å²) in [6.45, 7) is 0.00785. The highest BCUT2D eigenvalue weighted by molar-refractivity contribution is 7.90. The summed E-state index contributed by atoms with van der Waals surface area (Å²) < 4.78 is 28.0. The number of carbonyl (C=O) groups is 2. The van der Waals surface area contributed by atoms with E-state index >= 15 is 0 Å². The topological polar surface area (TPSA) is 105 Å². The molecular weight excluding hydrogens is 320 g/mol. The van der Waals surface area contributed by atoms with Gasteiger partial charge in [-0.3, -0.25) is 9.59 Å². The van der Waals surface area contributed by atoms with E-state index in [4.69, 9.17) is 4.42 Å². The molecule has 1 heterocycles. The fourth-order valence-corrected chi connectivity index (χ4v) is 2.46. The maximum atomic E-state index is 12.0. The van der Waals surface area contributed by atoms with Crippen LogP contribution in [0, 0.1) is 0 Å². The molecular formula is C15H16N2O5S. The Balaban J connectivity index is 1.88. The first-order chi connectivity index (χ1) is 10.9. The molecule has 0 radical (unpaired) electrons. The van der Waals surface area contributed by atoms with Crippen molar-refractivity contribution in [3.8, 4) is 0 Å². The third-order valence-corrected chi connectivity index (χ3v) is 4.08. The maximum absolute atomic E-state index is 12.0. The molecule has 0 saturated carbocycles. The molecule has 122 valence electrons. The van der Waals surface area contributed by atoms with E-state index in [0.717, 1.165) is 6.26 Å². The van der Waals surface area contributed by atoms with Gasteiger partial charge in [-0.05, 0) is 30.3 Å². The van der Waals surface area contributed by atoms with Crippen LogP contribution >= 0.6 is 0 Å². The number of amides is 2. The monoisotopic (exact) mass is 336 g/mol. The van der Waals surface area contributed by atoms with Gasteiger partial charge in [0.05, 0.1) is 24.2 Å². The Hall–Kier alpha value is -2.61. The predicted octanol–water partition coefficient (Wildman–Crippen LogP) is 0.729. The molecule has 7 nitrogen and oxygen atoms in total. The summed E-state index contributed by atoms with van der Waals surface area (Å²) in [4.78, 5) is 23.6. The molecule has 1 aromatic carbocycles. The SMILES string of the molecule is CS(=O)(=O)c1cccc(C(=O)NCC(=O)NCc2ccco2)c1. The van der Waals surface area contributed by atoms with Crippen molar-refractivity contribution in [3.63, 3.8) is 0 Å². The number of sulfone groups is 1. The second kappa shape index (κ2) is 7.10. The second-order valence-corrected chi connectivity index (χ2v) is 6.85. The maximum Gasteiger partial charge on any atom is 0.251 e. The van der Waals surface area contributed by atoms with Crippen LogP contribution in [0.25, 0.3) is 0 Å². The first-order valence-electron chi connectivity index (χ1n) is 6.73. The van der Waals surface area contributed by atoms with Crippen LogP contribution in [0.1, 0.15) is 16.1 Å². The zero-order valence-electron chi connectivity index (χ0n) is 12.4. The molecule has 0 fully saturated rings. The van der Waals surface area contributed by atoms with Crippen molar-refractivity contribution in [2.75, 3.05) is 12.8 Å². The molecule has 0 spiro atoms. The Morgan fingerprint density at radius 1 is 1.13 bits per heavy atom. The van der Waals surface area contributed by atoms with E-state index in [1.54, 1.807) is 12.1 Å². The van der Waals surface area contributed by atoms with Gasteiger partial charge in [-0.1, -0.05) is 6.07 Å². The summed E-state index contributed by atoms with van der Waals surface area (Å²) in [6, 6.07) is 9.05. The molecule has 0 unspecified atom stereocenters. The van der Waals surface area contributed by atoms with Gasteiger partial charge >= 0.3 is 0 Å². The van der Waals surface area contributed by atoms with Crippen LogP contribution in [0.2, 0.25) is 0 Å². The van der Waals surface area contributed by atoms with Crippen molar-refractivity contribution in [2.45, 2.75) is 11.4 Å². The summed E-state index contributed by atoms with van der Waals surface area (Å²) in [5.41, 5.74) is 0.173. The molecule has 0 aliphatic heterocycles. The Labute approximate surface area is 133 Å². The predicted molar refractivity (Wildman–Crippen MR) is 82.4 cm³/mol. The normalized spacial score (nSPS) is 11.0. The van der Waals surface area contributed by atoms with E-state index in [0.29, 0.717) is 5.76 Å². The summed E-state index contributed by atoms with van der Waals surface area (Å²) in [5, 5.41) is 5.02. The Kier molecular flexibility index (Phi) is 5.17. The van der Waals surface area contributed by atoms with Gasteiger partial charge < -0.3 is 15.1 Å². The van der Waals surface area contributed by atoms with E-state index in [1.807, 2.05) is 0 Å². The molecule has 8 heteroatoms. The van der Waals surface area contributed by atoms with Crippen molar-refractivity contribution < 1.29 is 22.4 Å². The van der Waals surface area contributed by atoms with Crippen LogP contribution in [-0.2, 0) is 21.2 Å². The number of benzene rings is 1. The molecule has 0 atom stereocenters. The lowest BCUT2D eigenvalue weighted by atomic mass is 10.2. The number of rotatable bonds is 6. The number of nitrogens with one attached hydrogen (secondary N) is 2. The molecule has 0 aliphatic rings. The highest BCUT2D eigenvalue weighted by Crippen LogP contribution is 2.11. The largest absolute Gasteiger partial charge is 0.467 e. The van der Waals surface area contributed by atoms with Crippen molar-refractivity contribution >= 4 is 21.7 Å². The molecule has 2 rings (SSSR count). The number of furan rings is 1. The van der Waals surface area contributed by atoms with Gasteiger partial charge in [0, 0.05) is 11.8 Å². The van der Waals surface area contributed by atoms with Crippen molar-refractivity contribution in [1.82, 2.24) is 10.6 Å². The fraction of sp³-hybridized carbons (Fsp3) is 0.200. The molecule has 0 bridgehead atoms. The average Bonchev–Trinajstić information content (AvgIpc) is 3.03. The van der Waals surface area contributed by atoms with Gasteiger partial charge in [0.1, 0.15) is 5.76 Å². The van der Waals surface area contributed by atoms with Gasteiger partial charge in [0.15, 0.2) is 9.84 Å². The average molecular weight is 336 g/mol. The van der Waals surface area contributed by atoms with E-state index in [1.165, 1.54) is 30.5 Å². The smallest absolute Gasteiger partial charge is 0.251 e. The number of carbonyl (C=O) groups excluding carboxylic acids is 2. The first kappa shape index (κ1) is 16.8. The summed E-state index contributed by atoms with van der Waals surface area (Å²) in [7, 11) is -3.39. The van der Waals surface area contributed by atoms with Gasteiger partial charge in [-0.25, -0.2) is 8.42 Å². The number of hydrogen-bond acceptors (Lipinski definition) is 5. The highest BCUT2D eigenvalue weighted by Gasteiger charge is 2.12. The molecule has 2 amide bonds. The fourth-order valence-electron chi connectivity index (χ4n) is 1.79. The zero-order chi connectivity index (χ0) is 16.9. The number of hydrogen-bond donors (Lipinski definition) is 2. The summed E-state index contributed by atoms with van der Waals surface area (Å²) >= 11 is 0. The van der Waals surface area contributed by atoms with Crippen LogP contribution < -0.4 is 10.6 Å². The van der Waals surface area contributed by atoms with Crippen LogP contribution in [0.4, 0.5) is 0 Å². The molecule has 1 aromatic heterocycles. The highest BCUT2D eigenvalue weighted by atomic mass is 32.2. The Morgan fingerprint density at radius 3 is 2.57 bits per heavy atom. The minimum Gasteiger partial charge on any atom is -0.467 e. The second-order valence-electron chi connectivity index (χ2n) is 4.84. The van der Waals surface area contributed by atoms with Crippen molar-refractivity contribution in [1.29, 1.82) is 0 Å². The Morgan fingerprint density at radius 2 is 1.91 bits per heavy atom. The zero-order valence-corrected chi connectivity index (χ0v) is 13.2. The van der Waals surface area contributed by atoms with Crippen molar-refractivity contribution in [3.05, 3.63) is 54.0 Å². The summed E-state index contributed by atoms with van der Waals surface area (Å²) in [6.07, 6.45) is 2.56. The van der Waals surface area contributed by atoms with E-state index in [2.05, 4.69) is 10.6 Å². The van der Waals surface area contributed by atoms with E-state index in [9.17, 15) is 18.0 Å². The Bertz CT molecular complexity index is 797. The standard InChI is InChI=1S/C15H16N2O5S/c1-23(20,21)13-6-2-4-11(8-13)15(19)17-10-14(18)16-9-12-5-3-7-22-12/h2-8H,9-10H2,1H3,(H,16,18)(H,17,19). The minimum atomic E-state index is -3.39. The van der Waals surface area contributed by atoms with Gasteiger partial charge in [0.25, 0.3) is 5.91 Å². The lowest BCUT2D eigenvalue weighted by Crippen LogP contribution is -2.36. The lowest BCUT2D eigenvalue weighted by molar-refractivity contribution is -0.120. The van der Waals surface area contributed by atoms with Crippen molar-refractivity contribution in [2.24, 2.45) is 0 Å². The van der Waals surface area contributed by atoms with Crippen LogP contribution in [0.3, 0.4) is 0 Å².